The van der Waals surface area contributed by atoms with Crippen molar-refractivity contribution in [1.29, 1.82) is 0 Å². The van der Waals surface area contributed by atoms with Crippen LogP contribution in [0.3, 0.4) is 0 Å². The predicted octanol–water partition coefficient (Wildman–Crippen LogP) is 8.03. The molecule has 1 fully saturated rings. The second-order valence-electron chi connectivity index (χ2n) is 11.5. The molecule has 2 aliphatic carbocycles. The highest BCUT2D eigenvalue weighted by molar-refractivity contribution is 5.72. The van der Waals surface area contributed by atoms with Crippen molar-refractivity contribution in [2.45, 2.75) is 85.2 Å². The number of aryl methyl sites for hydroxylation is 3. The predicted molar refractivity (Wildman–Crippen MR) is 160 cm³/mol. The largest absolute Gasteiger partial charge is 0.392 e. The van der Waals surface area contributed by atoms with Gasteiger partial charge >= 0.3 is 0 Å². The minimum absolute atomic E-state index is 0.00389. The molecule has 0 aromatic heterocycles. The Morgan fingerprint density at radius 1 is 1.05 bits per heavy atom. The molecule has 0 bridgehead atoms. The summed E-state index contributed by atoms with van der Waals surface area (Å²) in [6.45, 7) is 11.7. The van der Waals surface area contributed by atoms with Gasteiger partial charge < -0.3 is 15.2 Å². The third kappa shape index (κ3) is 6.50. The molecule has 4 rings (SSSR count). The molecule has 0 radical (unpaired) electrons. The molecule has 3 heteroatoms. The summed E-state index contributed by atoms with van der Waals surface area (Å²) in [6.07, 6.45) is 13.6. The normalized spacial score (nSPS) is 20.8. The van der Waals surface area contributed by atoms with Crippen LogP contribution in [0, 0.1) is 26.7 Å². The molecule has 0 aliphatic heterocycles. The van der Waals surface area contributed by atoms with Crippen LogP contribution in [0.2, 0.25) is 0 Å². The van der Waals surface area contributed by atoms with Crippen LogP contribution in [0.1, 0.15) is 96.9 Å². The number of benzene rings is 2. The first-order chi connectivity index (χ1) is 18.3. The van der Waals surface area contributed by atoms with Gasteiger partial charge in [-0.25, -0.2) is 0 Å². The molecular weight excluding hydrogens is 466 g/mol. The van der Waals surface area contributed by atoms with Crippen molar-refractivity contribution in [2.24, 2.45) is 5.92 Å². The van der Waals surface area contributed by atoms with Gasteiger partial charge in [-0.15, -0.1) is 0 Å². The van der Waals surface area contributed by atoms with Gasteiger partial charge in [0.05, 0.1) is 12.7 Å². The maximum atomic E-state index is 10.6. The third-order valence-corrected chi connectivity index (χ3v) is 8.74. The molecule has 0 spiro atoms. The summed E-state index contributed by atoms with van der Waals surface area (Å²) >= 11 is 0. The number of methoxy groups -OCH3 is 1. The molecule has 1 saturated carbocycles. The van der Waals surface area contributed by atoms with E-state index in [1.54, 1.807) is 7.11 Å². The van der Waals surface area contributed by atoms with E-state index in [-0.39, 0.29) is 12.7 Å². The van der Waals surface area contributed by atoms with Crippen molar-refractivity contribution < 1.29 is 9.84 Å². The fraction of sp³-hybridized carbons (Fsp3) is 0.486. The van der Waals surface area contributed by atoms with Crippen LogP contribution in [0.4, 0.5) is 0 Å². The van der Waals surface area contributed by atoms with Gasteiger partial charge in [-0.1, -0.05) is 69.2 Å². The number of rotatable bonds is 10. The molecule has 0 heterocycles. The van der Waals surface area contributed by atoms with Crippen molar-refractivity contribution in [3.05, 3.63) is 98.3 Å². The molecule has 0 unspecified atom stereocenters. The van der Waals surface area contributed by atoms with Crippen molar-refractivity contribution in [2.75, 3.05) is 20.3 Å². The van der Waals surface area contributed by atoms with E-state index in [1.807, 2.05) is 0 Å². The van der Waals surface area contributed by atoms with Crippen LogP contribution in [-0.4, -0.2) is 25.4 Å². The number of aliphatic hydroxyl groups excluding tert-OH is 1. The van der Waals surface area contributed by atoms with Gasteiger partial charge in [-0.3, -0.25) is 0 Å². The number of nitrogens with one attached hydrogen (secondary N) is 1. The van der Waals surface area contributed by atoms with E-state index in [4.69, 9.17) is 4.74 Å². The molecule has 0 amide bonds. The number of hydrogen-bond acceptors (Lipinski definition) is 3. The molecule has 3 nitrogen and oxygen atoms in total. The lowest BCUT2D eigenvalue weighted by atomic mass is 9.78. The van der Waals surface area contributed by atoms with Gasteiger partial charge in [0, 0.05) is 24.9 Å². The number of hydrogen-bond donors (Lipinski definition) is 2. The first-order valence-corrected chi connectivity index (χ1v) is 14.5. The summed E-state index contributed by atoms with van der Waals surface area (Å²) < 4.78 is 5.88. The Morgan fingerprint density at radius 2 is 1.82 bits per heavy atom. The summed E-state index contributed by atoms with van der Waals surface area (Å²) in [5.41, 5.74) is 12.5. The molecule has 1 atom stereocenters. The van der Waals surface area contributed by atoms with Gasteiger partial charge in [0.2, 0.25) is 0 Å². The summed E-state index contributed by atoms with van der Waals surface area (Å²) in [5, 5.41) is 14.2. The van der Waals surface area contributed by atoms with Crippen LogP contribution in [0.5, 0.6) is 0 Å². The molecule has 204 valence electrons. The Balaban J connectivity index is 1.58. The lowest BCUT2D eigenvalue weighted by molar-refractivity contribution is 0.105. The van der Waals surface area contributed by atoms with Crippen molar-refractivity contribution in [3.8, 4) is 0 Å². The number of fused-ring (bicyclic) bond motifs is 1. The second kappa shape index (κ2) is 13.0. The van der Waals surface area contributed by atoms with Crippen LogP contribution in [0.15, 0.2) is 59.3 Å². The Bertz CT molecular complexity index is 1210. The van der Waals surface area contributed by atoms with E-state index in [1.165, 1.54) is 70.2 Å². The number of allylic oxidation sites excluding steroid dienone is 2. The van der Waals surface area contributed by atoms with Crippen molar-refractivity contribution in [3.63, 3.8) is 0 Å². The molecule has 2 aliphatic rings. The zero-order chi connectivity index (χ0) is 27.2. The minimum Gasteiger partial charge on any atom is -0.392 e. The van der Waals surface area contributed by atoms with E-state index in [9.17, 15) is 5.11 Å². The topological polar surface area (TPSA) is 41.5 Å². The van der Waals surface area contributed by atoms with Gasteiger partial charge in [0.25, 0.3) is 0 Å². The highest BCUT2D eigenvalue weighted by atomic mass is 16.5. The monoisotopic (exact) mass is 513 g/mol. The maximum absolute atomic E-state index is 10.6. The standard InChI is InChI=1S/C35H47NO2/c1-7-8-9-34(36-21-35(38-6)28-15-12-24(3)25(4)16-28)33(22-37)31-19-30-18-29(17-26(5)32(30)20-31)27-13-10-23(2)11-14-27/h8-9,12,15-18,20,23,27,35-37H,7,10-11,13-14,19,21-22H2,1-6H3/b9-8-,34-33-/t23?,27?,35-/m1/s1. The summed E-state index contributed by atoms with van der Waals surface area (Å²) in [4.78, 5) is 0. The first-order valence-electron chi connectivity index (χ1n) is 14.5. The Morgan fingerprint density at radius 3 is 2.47 bits per heavy atom. The SMILES string of the molecule is CC/C=C\C(NC[C@@H](OC)c1ccc(C)c(C)c1)=C(/CO)C1=Cc2c(C)cc(C3CCC(C)CC3)cc2C1. The first kappa shape index (κ1) is 28.4. The zero-order valence-electron chi connectivity index (χ0n) is 24.4. The third-order valence-electron chi connectivity index (χ3n) is 8.74. The van der Waals surface area contributed by atoms with Crippen molar-refractivity contribution >= 4 is 6.08 Å². The molecule has 38 heavy (non-hydrogen) atoms. The summed E-state index contributed by atoms with van der Waals surface area (Å²) in [5.74, 6) is 1.55. The van der Waals surface area contributed by atoms with Gasteiger partial charge in [-0.2, -0.15) is 0 Å². The van der Waals surface area contributed by atoms with Gasteiger partial charge in [0.15, 0.2) is 0 Å². The van der Waals surface area contributed by atoms with E-state index in [0.717, 1.165) is 30.0 Å². The highest BCUT2D eigenvalue weighted by Gasteiger charge is 2.24. The summed E-state index contributed by atoms with van der Waals surface area (Å²) in [7, 11) is 1.77. The Labute approximate surface area is 230 Å². The molecule has 2 aromatic rings. The number of aliphatic hydroxyl groups is 1. The average Bonchev–Trinajstić information content (AvgIpc) is 3.34. The maximum Gasteiger partial charge on any atom is 0.0993 e. The minimum atomic E-state index is -0.0722. The molecule has 2 N–H and O–H groups in total. The molecule has 0 saturated heterocycles. The van der Waals surface area contributed by atoms with E-state index >= 15 is 0 Å². The lowest BCUT2D eigenvalue weighted by Crippen LogP contribution is -2.24. The second-order valence-corrected chi connectivity index (χ2v) is 11.5. The van der Waals surface area contributed by atoms with Gasteiger partial charge in [-0.05, 0) is 109 Å². The fourth-order valence-electron chi connectivity index (χ4n) is 6.07. The molecule has 2 aromatic carbocycles. The smallest absolute Gasteiger partial charge is 0.0993 e. The van der Waals surface area contributed by atoms with Crippen LogP contribution in [-0.2, 0) is 11.2 Å². The van der Waals surface area contributed by atoms with Crippen LogP contribution in [0.25, 0.3) is 6.08 Å². The van der Waals surface area contributed by atoms with E-state index in [0.29, 0.717) is 12.5 Å². The fourth-order valence-corrected chi connectivity index (χ4v) is 6.07. The van der Waals surface area contributed by atoms with Crippen LogP contribution < -0.4 is 5.32 Å². The molecular formula is C35H47NO2. The zero-order valence-corrected chi connectivity index (χ0v) is 24.4. The number of ether oxygens (including phenoxy) is 1. The van der Waals surface area contributed by atoms with E-state index in [2.05, 4.69) is 88.5 Å². The highest BCUT2D eigenvalue weighted by Crippen LogP contribution is 2.40. The Hall–Kier alpha value is -2.62. The van der Waals surface area contributed by atoms with Gasteiger partial charge in [0.1, 0.15) is 0 Å². The quantitative estimate of drug-likeness (QED) is 0.316. The average molecular weight is 514 g/mol. The Kier molecular flexibility index (Phi) is 9.68. The van der Waals surface area contributed by atoms with E-state index < -0.39 is 0 Å². The van der Waals surface area contributed by atoms with Crippen LogP contribution >= 0.6 is 0 Å². The summed E-state index contributed by atoms with van der Waals surface area (Å²) in [6, 6.07) is 11.4. The van der Waals surface area contributed by atoms with Crippen molar-refractivity contribution in [1.82, 2.24) is 5.32 Å². The lowest BCUT2D eigenvalue weighted by Gasteiger charge is -2.27.